The maximum Gasteiger partial charge on any atom is 0.420 e. The number of carbonyl (C=O) groups is 1. The number of ether oxygens (including phenoxy) is 2. The number of amides is 1. The average Bonchev–Trinajstić information content (AvgIpc) is 2.46. The molecule has 124 valence electrons. The molecule has 0 bridgehead atoms. The Balaban J connectivity index is 3.07. The molecule has 0 radical (unpaired) electrons. The second-order valence-corrected chi connectivity index (χ2v) is 4.88. The molecule has 0 aromatic heterocycles. The third-order valence-electron chi connectivity index (χ3n) is 3.38. The number of nitrogens with one attached hydrogen (secondary N) is 1. The maximum absolute atomic E-state index is 13.0. The van der Waals surface area contributed by atoms with Gasteiger partial charge in [-0.15, -0.1) is 0 Å². The Kier molecular flexibility index (Phi) is 5.82. The number of methoxy groups -OCH3 is 1. The first-order valence-electron chi connectivity index (χ1n) is 6.88. The molecular weight excluding hydrogens is 299 g/mol. The van der Waals surface area contributed by atoms with Crippen molar-refractivity contribution in [3.63, 3.8) is 0 Å². The van der Waals surface area contributed by atoms with Gasteiger partial charge in [0.15, 0.2) is 0 Å². The van der Waals surface area contributed by atoms with Gasteiger partial charge in [0.25, 0.3) is 5.91 Å². The maximum atomic E-state index is 13.0. The molecule has 0 heterocycles. The van der Waals surface area contributed by atoms with Gasteiger partial charge in [0.1, 0.15) is 11.4 Å². The Labute approximate surface area is 127 Å². The fourth-order valence-electron chi connectivity index (χ4n) is 1.92. The predicted octanol–water partition coefficient (Wildman–Crippen LogP) is 3.86. The lowest BCUT2D eigenvalue weighted by Crippen LogP contribution is -2.42. The molecule has 0 saturated carbocycles. The van der Waals surface area contributed by atoms with Crippen molar-refractivity contribution in [1.29, 1.82) is 0 Å². The van der Waals surface area contributed by atoms with Gasteiger partial charge in [-0.05, 0) is 38.5 Å². The molecule has 1 atom stereocenters. The normalized spacial score (nSPS) is 14.3. The van der Waals surface area contributed by atoms with Crippen LogP contribution in [0.1, 0.15) is 32.8 Å². The largest absolute Gasteiger partial charge is 0.496 e. The molecule has 1 amide bonds. The van der Waals surface area contributed by atoms with Gasteiger partial charge in [0.2, 0.25) is 0 Å². The monoisotopic (exact) mass is 319 g/mol. The van der Waals surface area contributed by atoms with E-state index in [0.29, 0.717) is 13.0 Å². The van der Waals surface area contributed by atoms with Crippen molar-refractivity contribution in [2.75, 3.05) is 19.0 Å². The van der Waals surface area contributed by atoms with Gasteiger partial charge in [-0.25, -0.2) is 0 Å². The minimum absolute atomic E-state index is 0.0394. The summed E-state index contributed by atoms with van der Waals surface area (Å²) in [6, 6.07) is 3.37. The molecule has 1 aromatic carbocycles. The van der Waals surface area contributed by atoms with Crippen molar-refractivity contribution in [3.8, 4) is 5.75 Å². The topological polar surface area (TPSA) is 47.6 Å². The summed E-state index contributed by atoms with van der Waals surface area (Å²) in [5.41, 5.74) is -1.99. The van der Waals surface area contributed by atoms with Crippen LogP contribution in [0.3, 0.4) is 0 Å². The second-order valence-electron chi connectivity index (χ2n) is 4.88. The first kappa shape index (κ1) is 18.3. The van der Waals surface area contributed by atoms with Gasteiger partial charge in [-0.2, -0.15) is 13.2 Å². The Morgan fingerprint density at radius 3 is 2.36 bits per heavy atom. The first-order valence-corrected chi connectivity index (χ1v) is 6.88. The molecule has 1 unspecified atom stereocenters. The smallest absolute Gasteiger partial charge is 0.420 e. The number of carbonyl (C=O) groups excluding carboxylic acids is 1. The molecular formula is C15H20F3NO3. The van der Waals surface area contributed by atoms with Crippen LogP contribution in [0, 0.1) is 0 Å². The number of alkyl halides is 3. The van der Waals surface area contributed by atoms with E-state index >= 15 is 0 Å². The highest BCUT2D eigenvalue weighted by Crippen LogP contribution is 2.37. The van der Waals surface area contributed by atoms with Gasteiger partial charge in [-0.1, -0.05) is 6.92 Å². The molecule has 0 saturated heterocycles. The first-order chi connectivity index (χ1) is 10.2. The summed E-state index contributed by atoms with van der Waals surface area (Å²) in [7, 11) is 1.16. The zero-order valence-electron chi connectivity index (χ0n) is 13.0. The van der Waals surface area contributed by atoms with Crippen LogP contribution in [0.4, 0.5) is 18.9 Å². The van der Waals surface area contributed by atoms with Gasteiger partial charge in [0.05, 0.1) is 12.7 Å². The molecule has 0 aliphatic carbocycles. The number of halogens is 3. The zero-order chi connectivity index (χ0) is 17.0. The van der Waals surface area contributed by atoms with Crippen molar-refractivity contribution in [1.82, 2.24) is 0 Å². The van der Waals surface area contributed by atoms with Crippen molar-refractivity contribution in [2.24, 2.45) is 0 Å². The van der Waals surface area contributed by atoms with E-state index < -0.39 is 23.2 Å². The molecule has 1 aromatic rings. The predicted molar refractivity (Wildman–Crippen MR) is 76.9 cm³/mol. The van der Waals surface area contributed by atoms with Gasteiger partial charge in [0, 0.05) is 12.3 Å². The molecule has 0 aliphatic rings. The number of anilines is 1. The van der Waals surface area contributed by atoms with Crippen molar-refractivity contribution >= 4 is 11.6 Å². The molecule has 4 nitrogen and oxygen atoms in total. The SMILES string of the molecule is CCOC(C)(CC)C(=O)Nc1ccc(OC)c(C(F)(F)F)c1. The van der Waals surface area contributed by atoms with Crippen LogP contribution in [0.25, 0.3) is 0 Å². The highest BCUT2D eigenvalue weighted by Gasteiger charge is 2.36. The van der Waals surface area contributed by atoms with E-state index in [1.54, 1.807) is 20.8 Å². The number of hydrogen-bond donors (Lipinski definition) is 1. The highest BCUT2D eigenvalue weighted by molar-refractivity contribution is 5.97. The van der Waals surface area contributed by atoms with E-state index in [2.05, 4.69) is 5.32 Å². The summed E-state index contributed by atoms with van der Waals surface area (Å²) >= 11 is 0. The second kappa shape index (κ2) is 7.00. The van der Waals surface area contributed by atoms with Crippen LogP contribution in [0.15, 0.2) is 18.2 Å². The van der Waals surface area contributed by atoms with Gasteiger partial charge in [-0.3, -0.25) is 4.79 Å². The summed E-state index contributed by atoms with van der Waals surface area (Å²) in [6.07, 6.45) is -4.17. The summed E-state index contributed by atoms with van der Waals surface area (Å²) in [5, 5.41) is 2.46. The summed E-state index contributed by atoms with van der Waals surface area (Å²) in [5.74, 6) is -0.788. The summed E-state index contributed by atoms with van der Waals surface area (Å²) in [6.45, 7) is 5.44. The summed E-state index contributed by atoms with van der Waals surface area (Å²) < 4.78 is 49.0. The molecule has 0 fully saturated rings. The van der Waals surface area contributed by atoms with E-state index in [1.165, 1.54) is 12.1 Å². The van der Waals surface area contributed by atoms with Crippen molar-refractivity contribution < 1.29 is 27.4 Å². The molecule has 1 rings (SSSR count). The fraction of sp³-hybridized carbons (Fsp3) is 0.533. The fourth-order valence-corrected chi connectivity index (χ4v) is 1.92. The van der Waals surface area contributed by atoms with Gasteiger partial charge >= 0.3 is 6.18 Å². The molecule has 1 N–H and O–H groups in total. The minimum Gasteiger partial charge on any atom is -0.496 e. The third kappa shape index (κ3) is 4.13. The van der Waals surface area contributed by atoms with E-state index in [1.807, 2.05) is 0 Å². The Morgan fingerprint density at radius 1 is 1.27 bits per heavy atom. The third-order valence-corrected chi connectivity index (χ3v) is 3.38. The van der Waals surface area contributed by atoms with Crippen molar-refractivity contribution in [3.05, 3.63) is 23.8 Å². The van der Waals surface area contributed by atoms with Gasteiger partial charge < -0.3 is 14.8 Å². The lowest BCUT2D eigenvalue weighted by molar-refractivity contribution is -0.140. The lowest BCUT2D eigenvalue weighted by atomic mass is 10.0. The van der Waals surface area contributed by atoms with E-state index in [4.69, 9.17) is 9.47 Å². The van der Waals surface area contributed by atoms with Crippen LogP contribution in [-0.2, 0) is 15.7 Å². The number of hydrogen-bond acceptors (Lipinski definition) is 3. The lowest BCUT2D eigenvalue weighted by Gasteiger charge is -2.27. The van der Waals surface area contributed by atoms with Crippen LogP contribution in [-0.4, -0.2) is 25.2 Å². The zero-order valence-corrected chi connectivity index (χ0v) is 13.0. The standard InChI is InChI=1S/C15H20F3NO3/c1-5-14(3,22-6-2)13(20)19-10-7-8-12(21-4)11(9-10)15(16,17)18/h7-9H,5-6H2,1-4H3,(H,19,20). The van der Waals surface area contributed by atoms with E-state index in [-0.39, 0.29) is 11.4 Å². The molecule has 22 heavy (non-hydrogen) atoms. The molecule has 0 spiro atoms. The minimum atomic E-state index is -4.57. The Morgan fingerprint density at radius 2 is 1.91 bits per heavy atom. The Hall–Kier alpha value is -1.76. The van der Waals surface area contributed by atoms with Crippen LogP contribution >= 0.6 is 0 Å². The summed E-state index contributed by atoms with van der Waals surface area (Å²) in [4.78, 5) is 12.2. The van der Waals surface area contributed by atoms with Crippen molar-refractivity contribution in [2.45, 2.75) is 39.0 Å². The van der Waals surface area contributed by atoms with E-state index in [9.17, 15) is 18.0 Å². The quantitative estimate of drug-likeness (QED) is 0.866. The number of benzene rings is 1. The molecule has 0 aliphatic heterocycles. The van der Waals surface area contributed by atoms with Crippen LogP contribution < -0.4 is 10.1 Å². The van der Waals surface area contributed by atoms with Crippen LogP contribution in [0.2, 0.25) is 0 Å². The molecule has 7 heteroatoms. The number of rotatable bonds is 6. The van der Waals surface area contributed by atoms with E-state index in [0.717, 1.165) is 13.2 Å². The average molecular weight is 319 g/mol. The highest BCUT2D eigenvalue weighted by atomic mass is 19.4. The Bertz CT molecular complexity index is 531. The van der Waals surface area contributed by atoms with Crippen LogP contribution in [0.5, 0.6) is 5.75 Å².